The molecule has 0 N–H and O–H groups in total. The highest BCUT2D eigenvalue weighted by Gasteiger charge is 2.13. The van der Waals surface area contributed by atoms with Gasteiger partial charge in [-0.15, -0.1) is 0 Å². The number of methoxy groups -OCH3 is 1. The molecule has 3 rings (SSSR count). The Kier molecular flexibility index (Phi) is 4.75. The number of fused-ring (bicyclic) bond motifs is 1. The third kappa shape index (κ3) is 3.35. The SMILES string of the molecule is COC(=O)c1ccc(COc2c(C)c(C=O)nc3ccccc23)cc1. The highest BCUT2D eigenvalue weighted by molar-refractivity contribution is 5.91. The van der Waals surface area contributed by atoms with E-state index in [9.17, 15) is 9.59 Å². The van der Waals surface area contributed by atoms with E-state index >= 15 is 0 Å². The Morgan fingerprint density at radius 3 is 2.52 bits per heavy atom. The van der Waals surface area contributed by atoms with Crippen LogP contribution in [0.1, 0.15) is 32.0 Å². The van der Waals surface area contributed by atoms with E-state index in [2.05, 4.69) is 9.72 Å². The number of aromatic nitrogens is 1. The van der Waals surface area contributed by atoms with Crippen LogP contribution in [0.4, 0.5) is 0 Å². The largest absolute Gasteiger partial charge is 0.488 e. The molecule has 0 bridgehead atoms. The maximum atomic E-state index is 11.5. The number of hydrogen-bond donors (Lipinski definition) is 0. The van der Waals surface area contributed by atoms with Gasteiger partial charge in [-0.1, -0.05) is 24.3 Å². The summed E-state index contributed by atoms with van der Waals surface area (Å²) in [4.78, 5) is 27.1. The second kappa shape index (κ2) is 7.13. The molecule has 0 aliphatic heterocycles. The van der Waals surface area contributed by atoms with Gasteiger partial charge < -0.3 is 9.47 Å². The number of benzene rings is 2. The van der Waals surface area contributed by atoms with E-state index < -0.39 is 0 Å². The van der Waals surface area contributed by atoms with Crippen LogP contribution < -0.4 is 4.74 Å². The molecule has 25 heavy (non-hydrogen) atoms. The molecule has 126 valence electrons. The maximum Gasteiger partial charge on any atom is 0.337 e. The Bertz CT molecular complexity index is 932. The van der Waals surface area contributed by atoms with Crippen molar-refractivity contribution in [2.75, 3.05) is 7.11 Å². The third-order valence-electron chi connectivity index (χ3n) is 3.98. The van der Waals surface area contributed by atoms with Gasteiger partial charge in [0.05, 0.1) is 18.2 Å². The predicted molar refractivity (Wildman–Crippen MR) is 94.0 cm³/mol. The molecular formula is C20H17NO4. The van der Waals surface area contributed by atoms with Gasteiger partial charge in [-0.3, -0.25) is 4.79 Å². The van der Waals surface area contributed by atoms with Gasteiger partial charge >= 0.3 is 5.97 Å². The monoisotopic (exact) mass is 335 g/mol. The van der Waals surface area contributed by atoms with Crippen molar-refractivity contribution in [2.45, 2.75) is 13.5 Å². The average molecular weight is 335 g/mol. The lowest BCUT2D eigenvalue weighted by Crippen LogP contribution is -2.04. The smallest absolute Gasteiger partial charge is 0.337 e. The molecule has 0 saturated heterocycles. The molecule has 5 heteroatoms. The molecule has 3 aromatic rings. The van der Waals surface area contributed by atoms with Crippen LogP contribution in [0.5, 0.6) is 5.75 Å². The lowest BCUT2D eigenvalue weighted by atomic mass is 10.1. The van der Waals surface area contributed by atoms with Gasteiger partial charge in [-0.05, 0) is 36.8 Å². The van der Waals surface area contributed by atoms with Crippen LogP contribution in [0.3, 0.4) is 0 Å². The van der Waals surface area contributed by atoms with Crippen molar-refractivity contribution in [3.8, 4) is 5.75 Å². The maximum absolute atomic E-state index is 11.5. The van der Waals surface area contributed by atoms with Gasteiger partial charge in [0, 0.05) is 10.9 Å². The Morgan fingerprint density at radius 1 is 1.12 bits per heavy atom. The summed E-state index contributed by atoms with van der Waals surface area (Å²) in [6.45, 7) is 2.13. The topological polar surface area (TPSA) is 65.5 Å². The van der Waals surface area contributed by atoms with Crippen LogP contribution in [0.2, 0.25) is 0 Å². The summed E-state index contributed by atoms with van der Waals surface area (Å²) < 4.78 is 10.7. The number of esters is 1. The van der Waals surface area contributed by atoms with E-state index in [1.54, 1.807) is 12.1 Å². The van der Waals surface area contributed by atoms with Crippen LogP contribution in [0, 0.1) is 6.92 Å². The fraction of sp³-hybridized carbons (Fsp3) is 0.150. The first kappa shape index (κ1) is 16.6. The fourth-order valence-corrected chi connectivity index (χ4v) is 2.61. The van der Waals surface area contributed by atoms with Crippen LogP contribution in [0.15, 0.2) is 48.5 Å². The molecule has 0 fully saturated rings. The first-order chi connectivity index (χ1) is 12.1. The zero-order valence-corrected chi connectivity index (χ0v) is 14.0. The summed E-state index contributed by atoms with van der Waals surface area (Å²) >= 11 is 0. The van der Waals surface area contributed by atoms with Crippen molar-refractivity contribution in [1.82, 2.24) is 4.98 Å². The van der Waals surface area contributed by atoms with E-state index in [1.165, 1.54) is 7.11 Å². The van der Waals surface area contributed by atoms with Crippen molar-refractivity contribution in [3.63, 3.8) is 0 Å². The minimum Gasteiger partial charge on any atom is -0.488 e. The zero-order valence-electron chi connectivity index (χ0n) is 14.0. The molecule has 0 saturated carbocycles. The van der Waals surface area contributed by atoms with Gasteiger partial charge in [-0.25, -0.2) is 9.78 Å². The summed E-state index contributed by atoms with van der Waals surface area (Å²) in [6, 6.07) is 14.5. The number of aldehydes is 1. The molecule has 0 unspecified atom stereocenters. The van der Waals surface area contributed by atoms with Crippen molar-refractivity contribution in [3.05, 3.63) is 70.9 Å². The van der Waals surface area contributed by atoms with Crippen LogP contribution in [0.25, 0.3) is 10.9 Å². The highest BCUT2D eigenvalue weighted by Crippen LogP contribution is 2.30. The molecule has 0 atom stereocenters. The summed E-state index contributed by atoms with van der Waals surface area (Å²) in [6.07, 6.45) is 0.736. The summed E-state index contributed by atoms with van der Waals surface area (Å²) in [5.74, 6) is 0.267. The van der Waals surface area contributed by atoms with Gasteiger partial charge in [0.25, 0.3) is 0 Å². The summed E-state index contributed by atoms with van der Waals surface area (Å²) in [5, 5.41) is 0.858. The van der Waals surface area contributed by atoms with Gasteiger partial charge in [0.1, 0.15) is 18.1 Å². The molecule has 0 amide bonds. The lowest BCUT2D eigenvalue weighted by molar-refractivity contribution is 0.0600. The quantitative estimate of drug-likeness (QED) is 0.525. The molecule has 2 aromatic carbocycles. The van der Waals surface area contributed by atoms with E-state index in [1.807, 2.05) is 43.3 Å². The number of carbonyl (C=O) groups excluding carboxylic acids is 2. The normalized spacial score (nSPS) is 10.5. The number of pyridine rings is 1. The zero-order chi connectivity index (χ0) is 17.8. The highest BCUT2D eigenvalue weighted by atomic mass is 16.5. The number of rotatable bonds is 5. The Balaban J connectivity index is 1.89. The molecular weight excluding hydrogens is 318 g/mol. The van der Waals surface area contributed by atoms with Crippen molar-refractivity contribution >= 4 is 23.2 Å². The van der Waals surface area contributed by atoms with Crippen LogP contribution >= 0.6 is 0 Å². The Labute approximate surface area is 145 Å². The second-order valence-electron chi connectivity index (χ2n) is 5.56. The van der Waals surface area contributed by atoms with Crippen molar-refractivity contribution < 1.29 is 19.1 Å². The molecule has 0 radical (unpaired) electrons. The summed E-state index contributed by atoms with van der Waals surface area (Å²) in [7, 11) is 1.35. The lowest BCUT2D eigenvalue weighted by Gasteiger charge is -2.13. The van der Waals surface area contributed by atoms with Crippen molar-refractivity contribution in [1.29, 1.82) is 0 Å². The van der Waals surface area contributed by atoms with Gasteiger partial charge in [0.2, 0.25) is 0 Å². The Hall–Kier alpha value is -3.21. The minimum absolute atomic E-state index is 0.314. The van der Waals surface area contributed by atoms with E-state index in [0.29, 0.717) is 34.7 Å². The van der Waals surface area contributed by atoms with Crippen molar-refractivity contribution in [2.24, 2.45) is 0 Å². The Morgan fingerprint density at radius 2 is 1.84 bits per heavy atom. The van der Waals surface area contributed by atoms with Gasteiger partial charge in [-0.2, -0.15) is 0 Å². The number of para-hydroxylation sites is 1. The molecule has 1 aromatic heterocycles. The van der Waals surface area contributed by atoms with E-state index in [4.69, 9.17) is 4.74 Å². The number of ether oxygens (including phenoxy) is 2. The van der Waals surface area contributed by atoms with Gasteiger partial charge in [0.15, 0.2) is 6.29 Å². The average Bonchev–Trinajstić information content (AvgIpc) is 2.66. The molecule has 0 aliphatic carbocycles. The number of nitrogens with zero attached hydrogens (tertiary/aromatic N) is 1. The minimum atomic E-state index is -0.376. The molecule has 0 spiro atoms. The molecule has 5 nitrogen and oxygen atoms in total. The summed E-state index contributed by atoms with van der Waals surface area (Å²) in [5.41, 5.74) is 3.18. The fourth-order valence-electron chi connectivity index (χ4n) is 2.61. The molecule has 1 heterocycles. The first-order valence-electron chi connectivity index (χ1n) is 7.78. The van der Waals surface area contributed by atoms with E-state index in [-0.39, 0.29) is 5.97 Å². The third-order valence-corrected chi connectivity index (χ3v) is 3.98. The van der Waals surface area contributed by atoms with Crippen LogP contribution in [-0.2, 0) is 11.3 Å². The number of hydrogen-bond acceptors (Lipinski definition) is 5. The predicted octanol–water partition coefficient (Wildman–Crippen LogP) is 3.72. The van der Waals surface area contributed by atoms with Crippen LogP contribution in [-0.4, -0.2) is 24.3 Å². The standard InChI is InChI=1S/C20H17NO4/c1-13-18(11-22)21-17-6-4-3-5-16(17)19(13)25-12-14-7-9-15(10-8-14)20(23)24-2/h3-11H,12H2,1-2H3. The van der Waals surface area contributed by atoms with E-state index in [0.717, 1.165) is 17.2 Å². The molecule has 0 aliphatic rings. The first-order valence-corrected chi connectivity index (χ1v) is 7.78. The second-order valence-corrected chi connectivity index (χ2v) is 5.56. The number of carbonyl (C=O) groups is 2.